The summed E-state index contributed by atoms with van der Waals surface area (Å²) >= 11 is 0. The van der Waals surface area contributed by atoms with E-state index in [4.69, 9.17) is 28.9 Å². The molecular weight excluding hydrogens is 620 g/mol. The molecule has 258 valence electrons. The van der Waals surface area contributed by atoms with Crippen LogP contribution in [0.25, 0.3) is 21.9 Å². The van der Waals surface area contributed by atoms with E-state index < -0.39 is 5.60 Å². The second kappa shape index (κ2) is 13.9. The minimum Gasteiger partial charge on any atom is -0.487 e. The number of hydrogen-bond donors (Lipinski definition) is 0. The van der Waals surface area contributed by atoms with Gasteiger partial charge >= 0.3 is 5.97 Å². The largest absolute Gasteiger partial charge is 0.487 e. The van der Waals surface area contributed by atoms with Crippen LogP contribution in [0.5, 0.6) is 5.75 Å². The Morgan fingerprint density at radius 3 is 2.71 bits per heavy atom. The van der Waals surface area contributed by atoms with Gasteiger partial charge in [-0.15, -0.1) is 0 Å². The Bertz CT molecular complexity index is 1940. The third-order valence-electron chi connectivity index (χ3n) is 9.48. The van der Waals surface area contributed by atoms with E-state index >= 15 is 0 Å². The van der Waals surface area contributed by atoms with Gasteiger partial charge in [-0.2, -0.15) is 5.10 Å². The Morgan fingerprint density at radius 2 is 1.94 bits per heavy atom. The van der Waals surface area contributed by atoms with Gasteiger partial charge in [0, 0.05) is 31.8 Å². The van der Waals surface area contributed by atoms with E-state index in [1.807, 2.05) is 75.4 Å². The van der Waals surface area contributed by atoms with Crippen molar-refractivity contribution >= 4 is 27.9 Å². The molecule has 3 atom stereocenters. The summed E-state index contributed by atoms with van der Waals surface area (Å²) in [5, 5.41) is 5.57. The van der Waals surface area contributed by atoms with Crippen LogP contribution in [-0.2, 0) is 33.9 Å². The molecule has 3 unspecified atom stereocenters. The first-order valence-electron chi connectivity index (χ1n) is 17.3. The maximum Gasteiger partial charge on any atom is 0.338 e. The van der Waals surface area contributed by atoms with Crippen LogP contribution in [0.1, 0.15) is 92.8 Å². The topological polar surface area (TPSA) is 106 Å². The molecule has 0 aliphatic carbocycles. The Morgan fingerprint density at radius 1 is 1.08 bits per heavy atom. The van der Waals surface area contributed by atoms with Crippen molar-refractivity contribution in [2.75, 3.05) is 20.3 Å². The predicted molar refractivity (Wildman–Crippen MR) is 186 cm³/mol. The highest BCUT2D eigenvalue weighted by molar-refractivity contribution is 5.95. The lowest BCUT2D eigenvalue weighted by Gasteiger charge is -2.36. The monoisotopic (exact) mass is 666 g/mol. The highest BCUT2D eigenvalue weighted by Crippen LogP contribution is 2.37. The number of esters is 1. The molecule has 0 saturated carbocycles. The molecule has 5 aromatic rings. The summed E-state index contributed by atoms with van der Waals surface area (Å²) in [6, 6.07) is 14.1. The molecular formula is C38H46N6O5. The van der Waals surface area contributed by atoms with Crippen LogP contribution >= 0.6 is 0 Å². The second-order valence-electron chi connectivity index (χ2n) is 14.2. The zero-order chi connectivity index (χ0) is 34.1. The van der Waals surface area contributed by atoms with Gasteiger partial charge in [-0.25, -0.2) is 14.5 Å². The molecule has 2 aliphatic rings. The number of piperidine rings is 1. The highest BCUT2D eigenvalue weighted by atomic mass is 16.6. The molecule has 2 fully saturated rings. The van der Waals surface area contributed by atoms with E-state index in [0.29, 0.717) is 25.3 Å². The van der Waals surface area contributed by atoms with Crippen LogP contribution in [-0.4, -0.2) is 67.2 Å². The first-order valence-corrected chi connectivity index (χ1v) is 17.3. The van der Waals surface area contributed by atoms with Crippen molar-refractivity contribution in [2.45, 2.75) is 97.0 Å². The van der Waals surface area contributed by atoms with E-state index in [0.717, 1.165) is 83.3 Å². The van der Waals surface area contributed by atoms with Crippen LogP contribution in [0, 0.1) is 0 Å². The molecule has 5 heterocycles. The highest BCUT2D eigenvalue weighted by Gasteiger charge is 2.30. The number of carbonyl (C=O) groups excluding carboxylic acids is 1. The molecule has 7 rings (SSSR count). The molecule has 11 nitrogen and oxygen atoms in total. The van der Waals surface area contributed by atoms with Gasteiger partial charge in [-0.1, -0.05) is 18.6 Å². The number of nitrogens with zero attached hydrogens (tertiary/aromatic N) is 6. The van der Waals surface area contributed by atoms with Gasteiger partial charge in [0.1, 0.15) is 24.2 Å². The molecule has 2 saturated heterocycles. The lowest BCUT2D eigenvalue weighted by Crippen LogP contribution is -2.34. The molecule has 0 spiro atoms. The molecule has 0 radical (unpaired) electrons. The quantitative estimate of drug-likeness (QED) is 0.138. The lowest BCUT2D eigenvalue weighted by molar-refractivity contribution is -0.0586. The molecule has 11 heteroatoms. The maximum absolute atomic E-state index is 13.4. The minimum atomic E-state index is -0.602. The average molecular weight is 667 g/mol. The summed E-state index contributed by atoms with van der Waals surface area (Å²) in [6.45, 7) is 11.0. The lowest BCUT2D eigenvalue weighted by atomic mass is 9.96. The van der Waals surface area contributed by atoms with Gasteiger partial charge in [0.25, 0.3) is 0 Å². The van der Waals surface area contributed by atoms with Crippen molar-refractivity contribution in [3.05, 3.63) is 83.6 Å². The van der Waals surface area contributed by atoms with Crippen LogP contribution in [0.15, 0.2) is 61.2 Å². The first-order chi connectivity index (χ1) is 23.7. The Kier molecular flexibility index (Phi) is 9.41. The Labute approximate surface area is 287 Å². The fourth-order valence-electron chi connectivity index (χ4n) is 6.81. The van der Waals surface area contributed by atoms with Gasteiger partial charge < -0.3 is 23.5 Å². The standard InChI is InChI=1S/C38H46N6O5/c1-25(46-5)44-32-17-26(11-12-27(32)20-41-44)23-48-34-10-8-14-39-36(34)31-9-6-7-15-42(31)21-29-18-28(37(45)49-38(2,3)4)19-33-35(29)40-24-43(33)22-30-13-16-47-30/h8,10-12,14,17-20,24-25,30-31H,6-7,9,13,15-16,21-23H2,1-5H3. The van der Waals surface area contributed by atoms with Crippen LogP contribution in [0.3, 0.4) is 0 Å². The van der Waals surface area contributed by atoms with Gasteiger partial charge in [-0.05, 0) is 95.0 Å². The number of benzene rings is 2. The van der Waals surface area contributed by atoms with E-state index in [9.17, 15) is 4.79 Å². The van der Waals surface area contributed by atoms with Crippen molar-refractivity contribution in [1.29, 1.82) is 0 Å². The van der Waals surface area contributed by atoms with Crippen molar-refractivity contribution in [3.8, 4) is 5.75 Å². The van der Waals surface area contributed by atoms with Crippen LogP contribution < -0.4 is 4.74 Å². The summed E-state index contributed by atoms with van der Waals surface area (Å²) in [5.41, 5.74) is 5.70. The molecule has 0 N–H and O–H groups in total. The number of methoxy groups -OCH3 is 1. The zero-order valence-corrected chi connectivity index (χ0v) is 29.1. The average Bonchev–Trinajstić information content (AvgIpc) is 3.69. The van der Waals surface area contributed by atoms with Gasteiger partial charge in [0.15, 0.2) is 0 Å². The number of hydrogen-bond acceptors (Lipinski definition) is 9. The van der Waals surface area contributed by atoms with E-state index in [1.54, 1.807) is 7.11 Å². The zero-order valence-electron chi connectivity index (χ0n) is 29.1. The molecule has 3 aromatic heterocycles. The normalized spacial score (nSPS) is 19.2. The van der Waals surface area contributed by atoms with E-state index in [-0.39, 0.29) is 24.3 Å². The summed E-state index contributed by atoms with van der Waals surface area (Å²) in [6.07, 6.45) is 9.71. The number of likely N-dealkylation sites (tertiary alicyclic amines) is 1. The first kappa shape index (κ1) is 33.2. The third-order valence-corrected chi connectivity index (χ3v) is 9.48. The molecule has 2 aliphatic heterocycles. The summed E-state index contributed by atoms with van der Waals surface area (Å²) in [4.78, 5) is 25.6. The smallest absolute Gasteiger partial charge is 0.338 e. The molecule has 49 heavy (non-hydrogen) atoms. The maximum atomic E-state index is 13.4. The SMILES string of the molecule is COC(C)n1ncc2ccc(COc3cccnc3C3CCCCN3Cc3cc(C(=O)OC(C)(C)C)cc4c3ncn4CC3CCO3)cc21. The number of carbonyl (C=O) groups is 1. The predicted octanol–water partition coefficient (Wildman–Crippen LogP) is 7.00. The van der Waals surface area contributed by atoms with Gasteiger partial charge in [-0.3, -0.25) is 9.88 Å². The van der Waals surface area contributed by atoms with Crippen molar-refractivity contribution < 1.29 is 23.7 Å². The number of rotatable bonds is 11. The van der Waals surface area contributed by atoms with E-state index in [2.05, 4.69) is 32.8 Å². The fraction of sp³-hybridized carbons (Fsp3) is 0.474. The fourth-order valence-corrected chi connectivity index (χ4v) is 6.81. The van der Waals surface area contributed by atoms with Gasteiger partial charge in [0.05, 0.1) is 59.0 Å². The van der Waals surface area contributed by atoms with Crippen molar-refractivity contribution in [1.82, 2.24) is 29.2 Å². The number of ether oxygens (including phenoxy) is 4. The minimum absolute atomic E-state index is 0.0436. The number of fused-ring (bicyclic) bond motifs is 2. The number of imidazole rings is 1. The summed E-state index contributed by atoms with van der Waals surface area (Å²) < 4.78 is 27.6. The molecule has 0 bridgehead atoms. The Balaban J connectivity index is 1.16. The van der Waals surface area contributed by atoms with Crippen LogP contribution in [0.4, 0.5) is 0 Å². The summed E-state index contributed by atoms with van der Waals surface area (Å²) in [5.74, 6) is 0.438. The summed E-state index contributed by atoms with van der Waals surface area (Å²) in [7, 11) is 1.68. The van der Waals surface area contributed by atoms with Gasteiger partial charge in [0.2, 0.25) is 0 Å². The second-order valence-corrected chi connectivity index (χ2v) is 14.2. The van der Waals surface area contributed by atoms with Crippen molar-refractivity contribution in [3.63, 3.8) is 0 Å². The third kappa shape index (κ3) is 7.20. The van der Waals surface area contributed by atoms with Crippen LogP contribution in [0.2, 0.25) is 0 Å². The number of pyridine rings is 1. The number of aromatic nitrogens is 5. The Hall–Kier alpha value is -4.32. The molecule has 0 amide bonds. The molecule has 2 aromatic carbocycles. The van der Waals surface area contributed by atoms with Crippen molar-refractivity contribution in [2.24, 2.45) is 0 Å². The van der Waals surface area contributed by atoms with E-state index in [1.165, 1.54) is 0 Å².